The lowest BCUT2D eigenvalue weighted by molar-refractivity contribution is -0.140. The molecular formula is C34H28Cl2N6O8. The number of methoxy groups -OCH3 is 2. The molecule has 5 rings (SSSR count). The number of carbonyl (C=O) groups is 4. The van der Waals surface area contributed by atoms with Crippen molar-refractivity contribution in [3.05, 3.63) is 106 Å². The molecule has 3 aromatic heterocycles. The van der Waals surface area contributed by atoms with Crippen LogP contribution in [0.4, 0.5) is 17.3 Å². The Morgan fingerprint density at radius 3 is 1.98 bits per heavy atom. The van der Waals surface area contributed by atoms with Gasteiger partial charge in [-0.05, 0) is 59.7 Å². The molecule has 4 N–H and O–H groups in total. The summed E-state index contributed by atoms with van der Waals surface area (Å²) >= 11 is 11.5. The standard InChI is InChI=1S/2C17H14ClN3O4/c1-24-14(22)7-9-2-4-12-11(6-9)15(19)16(25-12)17(23)21-13-5-3-10(18)8-20-13;1-24-17(23)7-11-2-4-14(12(6-11)8-19)25-10-16(22)21-15-5-3-13(18)9-20-15/h2-6,8H,7,19H2,1H3,(H,20,21,23);2-6,9H,7,10H2,1H3,(H,20,21,22). The van der Waals surface area contributed by atoms with Crippen LogP contribution in [0.2, 0.25) is 10.0 Å². The molecule has 2 aromatic carbocycles. The summed E-state index contributed by atoms with van der Waals surface area (Å²) in [5.41, 5.74) is 8.21. The second-order valence-corrected chi connectivity index (χ2v) is 11.0. The normalized spacial score (nSPS) is 10.2. The smallest absolute Gasteiger partial charge is 0.309 e. The molecule has 0 radical (unpaired) electrons. The highest BCUT2D eigenvalue weighted by Gasteiger charge is 2.20. The maximum atomic E-state index is 12.4. The number of hydrogen-bond acceptors (Lipinski definition) is 12. The predicted molar refractivity (Wildman–Crippen MR) is 184 cm³/mol. The first-order chi connectivity index (χ1) is 24.0. The van der Waals surface area contributed by atoms with Crippen LogP contribution in [-0.2, 0) is 36.7 Å². The van der Waals surface area contributed by atoms with Gasteiger partial charge in [0.2, 0.25) is 5.76 Å². The van der Waals surface area contributed by atoms with Gasteiger partial charge in [-0.3, -0.25) is 19.2 Å². The van der Waals surface area contributed by atoms with E-state index >= 15 is 0 Å². The van der Waals surface area contributed by atoms with Gasteiger partial charge in [-0.1, -0.05) is 35.3 Å². The fourth-order valence-corrected chi connectivity index (χ4v) is 4.44. The third kappa shape index (κ3) is 10.2. The lowest BCUT2D eigenvalue weighted by Crippen LogP contribution is -2.21. The zero-order valence-electron chi connectivity index (χ0n) is 26.5. The largest absolute Gasteiger partial charge is 0.482 e. The number of rotatable bonds is 10. The van der Waals surface area contributed by atoms with E-state index < -0.39 is 17.8 Å². The summed E-state index contributed by atoms with van der Waals surface area (Å²) < 4.78 is 20.1. The van der Waals surface area contributed by atoms with Crippen molar-refractivity contribution in [2.24, 2.45) is 0 Å². The zero-order chi connectivity index (χ0) is 36.2. The van der Waals surface area contributed by atoms with Crippen molar-refractivity contribution in [3.8, 4) is 11.8 Å². The van der Waals surface area contributed by atoms with Crippen molar-refractivity contribution in [1.82, 2.24) is 9.97 Å². The average molecular weight is 720 g/mol. The number of esters is 2. The SMILES string of the molecule is COC(=O)Cc1ccc(OCC(=O)Nc2ccc(Cl)cn2)c(C#N)c1.COC(=O)Cc1ccc2oc(C(=O)Nc3ccc(Cl)cn3)c(N)c2c1. The molecule has 5 aromatic rings. The number of furan rings is 1. The van der Waals surface area contributed by atoms with E-state index in [9.17, 15) is 24.4 Å². The number of amides is 2. The van der Waals surface area contributed by atoms with Gasteiger partial charge in [-0.2, -0.15) is 5.26 Å². The number of pyridine rings is 2. The molecule has 0 aliphatic heterocycles. The zero-order valence-corrected chi connectivity index (χ0v) is 28.0. The van der Waals surface area contributed by atoms with E-state index in [0.717, 1.165) is 0 Å². The maximum absolute atomic E-state index is 12.4. The Morgan fingerprint density at radius 2 is 1.42 bits per heavy atom. The highest BCUT2D eigenvalue weighted by Crippen LogP contribution is 2.30. The molecule has 0 fully saturated rings. The van der Waals surface area contributed by atoms with Gasteiger partial charge in [0.25, 0.3) is 11.8 Å². The molecule has 0 spiro atoms. The van der Waals surface area contributed by atoms with Gasteiger partial charge in [0.1, 0.15) is 29.0 Å². The Bertz CT molecular complexity index is 2060. The minimum Gasteiger partial charge on any atom is -0.482 e. The third-order valence-corrected chi connectivity index (χ3v) is 7.08. The van der Waals surface area contributed by atoms with Gasteiger partial charge in [0.15, 0.2) is 6.61 Å². The van der Waals surface area contributed by atoms with Crippen LogP contribution in [0.5, 0.6) is 5.75 Å². The fourth-order valence-electron chi connectivity index (χ4n) is 4.22. The fraction of sp³-hybridized carbons (Fsp3) is 0.147. The van der Waals surface area contributed by atoms with Crippen LogP contribution in [-0.4, -0.2) is 54.5 Å². The molecular weight excluding hydrogens is 691 g/mol. The Kier molecular flexibility index (Phi) is 12.7. The van der Waals surface area contributed by atoms with Crippen molar-refractivity contribution < 1.29 is 37.8 Å². The molecule has 2 amide bonds. The van der Waals surface area contributed by atoms with Crippen LogP contribution in [0.1, 0.15) is 27.2 Å². The summed E-state index contributed by atoms with van der Waals surface area (Å²) in [5.74, 6) is -0.860. The number of hydrogen-bond donors (Lipinski definition) is 3. The molecule has 0 unspecified atom stereocenters. The van der Waals surface area contributed by atoms with Gasteiger partial charge in [0.05, 0.1) is 48.4 Å². The van der Waals surface area contributed by atoms with E-state index in [1.54, 1.807) is 48.5 Å². The van der Waals surface area contributed by atoms with E-state index in [4.69, 9.17) is 38.1 Å². The van der Waals surface area contributed by atoms with Gasteiger partial charge in [-0.25, -0.2) is 9.97 Å². The highest BCUT2D eigenvalue weighted by molar-refractivity contribution is 6.30. The van der Waals surface area contributed by atoms with Crippen molar-refractivity contribution in [1.29, 1.82) is 5.26 Å². The average Bonchev–Trinajstić information content (AvgIpc) is 3.45. The molecule has 14 nitrogen and oxygen atoms in total. The number of aromatic nitrogens is 2. The molecule has 0 saturated heterocycles. The number of fused-ring (bicyclic) bond motifs is 1. The van der Waals surface area contributed by atoms with Crippen LogP contribution in [0.3, 0.4) is 0 Å². The summed E-state index contributed by atoms with van der Waals surface area (Å²) in [4.78, 5) is 54.8. The lowest BCUT2D eigenvalue weighted by Gasteiger charge is -2.09. The second kappa shape index (κ2) is 17.3. The van der Waals surface area contributed by atoms with Crippen molar-refractivity contribution in [2.75, 3.05) is 37.2 Å². The minimum absolute atomic E-state index is 0.0260. The maximum Gasteiger partial charge on any atom is 0.309 e. The quantitative estimate of drug-likeness (QED) is 0.156. The van der Waals surface area contributed by atoms with Crippen LogP contribution < -0.4 is 21.1 Å². The first-order valence-electron chi connectivity index (χ1n) is 14.4. The highest BCUT2D eigenvalue weighted by atomic mass is 35.5. The van der Waals surface area contributed by atoms with Gasteiger partial charge < -0.3 is 35.0 Å². The number of carbonyl (C=O) groups excluding carboxylic acids is 4. The summed E-state index contributed by atoms with van der Waals surface area (Å²) in [6.45, 7) is -0.296. The Balaban J connectivity index is 0.000000225. The Labute approximate surface area is 295 Å². The first-order valence-corrected chi connectivity index (χ1v) is 15.2. The van der Waals surface area contributed by atoms with E-state index in [-0.39, 0.29) is 48.2 Å². The van der Waals surface area contributed by atoms with Gasteiger partial charge in [0, 0.05) is 17.8 Å². The molecule has 3 heterocycles. The molecule has 0 aliphatic rings. The summed E-state index contributed by atoms with van der Waals surface area (Å²) in [7, 11) is 2.61. The number of benzene rings is 2. The summed E-state index contributed by atoms with van der Waals surface area (Å²) in [5, 5.41) is 15.8. The predicted octanol–water partition coefficient (Wildman–Crippen LogP) is 5.37. The van der Waals surface area contributed by atoms with E-state index in [0.29, 0.717) is 43.8 Å². The number of anilines is 3. The van der Waals surface area contributed by atoms with Crippen molar-refractivity contribution >= 4 is 75.2 Å². The second-order valence-electron chi connectivity index (χ2n) is 10.1. The van der Waals surface area contributed by atoms with Crippen molar-refractivity contribution in [3.63, 3.8) is 0 Å². The van der Waals surface area contributed by atoms with Crippen LogP contribution in [0, 0.1) is 11.3 Å². The molecule has 256 valence electrons. The van der Waals surface area contributed by atoms with Crippen LogP contribution in [0.15, 0.2) is 77.5 Å². The molecule has 0 saturated carbocycles. The van der Waals surface area contributed by atoms with E-state index in [2.05, 4.69) is 30.1 Å². The summed E-state index contributed by atoms with van der Waals surface area (Å²) in [6.07, 6.45) is 2.98. The number of ether oxygens (including phenoxy) is 3. The van der Waals surface area contributed by atoms with Gasteiger partial charge in [-0.15, -0.1) is 0 Å². The minimum atomic E-state index is -0.530. The third-order valence-electron chi connectivity index (χ3n) is 6.64. The number of nitrogens with zero attached hydrogens (tertiary/aromatic N) is 3. The van der Waals surface area contributed by atoms with E-state index in [1.165, 1.54) is 38.7 Å². The number of nitriles is 1. The van der Waals surface area contributed by atoms with Crippen LogP contribution >= 0.6 is 23.2 Å². The first kappa shape index (κ1) is 36.7. The molecule has 0 bridgehead atoms. The molecule has 0 atom stereocenters. The number of nitrogen functional groups attached to an aromatic ring is 1. The monoisotopic (exact) mass is 718 g/mol. The molecule has 16 heteroatoms. The Morgan fingerprint density at radius 1 is 0.840 bits per heavy atom. The Hall–Kier alpha value is -6.17. The molecule has 50 heavy (non-hydrogen) atoms. The lowest BCUT2D eigenvalue weighted by atomic mass is 10.1. The number of nitrogens with one attached hydrogen (secondary N) is 2. The van der Waals surface area contributed by atoms with Crippen molar-refractivity contribution in [2.45, 2.75) is 12.8 Å². The van der Waals surface area contributed by atoms with E-state index in [1.807, 2.05) is 6.07 Å². The van der Waals surface area contributed by atoms with Gasteiger partial charge >= 0.3 is 11.9 Å². The number of nitrogens with two attached hydrogens (primary N) is 1. The summed E-state index contributed by atoms with van der Waals surface area (Å²) in [6, 6.07) is 18.0. The molecule has 0 aliphatic carbocycles. The topological polar surface area (TPSA) is 209 Å². The van der Waals surface area contributed by atoms with Crippen LogP contribution in [0.25, 0.3) is 11.0 Å². The number of halogens is 2.